The van der Waals surface area contributed by atoms with Gasteiger partial charge < -0.3 is 9.84 Å². The number of aromatic hydroxyl groups is 1. The molecule has 0 spiro atoms. The minimum atomic E-state index is -0.558. The Morgan fingerprint density at radius 2 is 1.95 bits per heavy atom. The summed E-state index contributed by atoms with van der Waals surface area (Å²) in [4.78, 5) is 23.1. The van der Waals surface area contributed by atoms with Crippen LogP contribution in [0.5, 0.6) is 5.88 Å². The van der Waals surface area contributed by atoms with Gasteiger partial charge in [-0.05, 0) is 18.9 Å². The monoisotopic (exact) mass is 327 g/mol. The summed E-state index contributed by atoms with van der Waals surface area (Å²) in [5.41, 5.74) is 0. The number of hydrogen-bond donors (Lipinski definition) is 1. The summed E-state index contributed by atoms with van der Waals surface area (Å²) in [6.07, 6.45) is 12.1. The van der Waals surface area contributed by atoms with Crippen molar-refractivity contribution >= 4 is 23.4 Å². The number of esters is 1. The molecule has 0 aliphatic heterocycles. The number of aromatic nitrogens is 1. The summed E-state index contributed by atoms with van der Waals surface area (Å²) in [6, 6.07) is 0. The zero-order valence-corrected chi connectivity index (χ0v) is 14.2. The number of carbonyl (C=O) groups is 1. The first-order valence-corrected chi connectivity index (χ1v) is 8.57. The fourth-order valence-electron chi connectivity index (χ4n) is 2.09. The van der Waals surface area contributed by atoms with E-state index in [2.05, 4.69) is 11.7 Å². The summed E-state index contributed by atoms with van der Waals surface area (Å²) in [5.74, 6) is -0.725. The predicted octanol–water partition coefficient (Wildman–Crippen LogP) is 3.55. The molecule has 0 saturated heterocycles. The minimum absolute atomic E-state index is 0.167. The van der Waals surface area contributed by atoms with E-state index in [4.69, 9.17) is 0 Å². The Labute approximate surface area is 135 Å². The topological polar surface area (TPSA) is 68.5 Å². The van der Waals surface area contributed by atoms with E-state index < -0.39 is 5.97 Å². The number of carbonyl (C=O) groups excluding carboxylic acids is 1. The van der Waals surface area contributed by atoms with E-state index in [1.54, 1.807) is 6.08 Å². The van der Waals surface area contributed by atoms with Crippen LogP contribution in [-0.2, 0) is 16.1 Å². The SMILES string of the molecule is CCCCCCCCC=Cc1sc(=O)n(CC(=O)OC)c1O. The van der Waals surface area contributed by atoms with Crippen molar-refractivity contribution in [3.05, 3.63) is 20.6 Å². The molecule has 0 radical (unpaired) electrons. The van der Waals surface area contributed by atoms with E-state index in [1.807, 2.05) is 6.08 Å². The van der Waals surface area contributed by atoms with Crippen LogP contribution in [0.2, 0.25) is 0 Å². The average Bonchev–Trinajstić information content (AvgIpc) is 2.77. The van der Waals surface area contributed by atoms with Gasteiger partial charge in [0.1, 0.15) is 6.54 Å². The van der Waals surface area contributed by atoms with Gasteiger partial charge in [0.2, 0.25) is 5.88 Å². The summed E-state index contributed by atoms with van der Waals surface area (Å²) >= 11 is 0.931. The van der Waals surface area contributed by atoms with Crippen molar-refractivity contribution in [2.45, 2.75) is 58.4 Å². The zero-order chi connectivity index (χ0) is 16.4. The summed E-state index contributed by atoms with van der Waals surface area (Å²) in [6.45, 7) is 1.94. The fraction of sp³-hybridized carbons (Fsp3) is 0.625. The molecule has 0 amide bonds. The van der Waals surface area contributed by atoms with Crippen molar-refractivity contribution in [3.8, 4) is 5.88 Å². The lowest BCUT2D eigenvalue weighted by atomic mass is 10.1. The van der Waals surface area contributed by atoms with Crippen LogP contribution >= 0.6 is 11.3 Å². The normalized spacial score (nSPS) is 11.2. The van der Waals surface area contributed by atoms with E-state index in [9.17, 15) is 14.7 Å². The molecule has 0 saturated carbocycles. The van der Waals surface area contributed by atoms with Crippen molar-refractivity contribution in [1.29, 1.82) is 0 Å². The maximum Gasteiger partial charge on any atom is 0.325 e. The van der Waals surface area contributed by atoms with Gasteiger partial charge in [0.15, 0.2) is 0 Å². The van der Waals surface area contributed by atoms with Gasteiger partial charge in [-0.3, -0.25) is 14.2 Å². The molecule has 0 aromatic carbocycles. The molecule has 0 unspecified atom stereocenters. The van der Waals surface area contributed by atoms with E-state index in [0.29, 0.717) is 4.88 Å². The molecule has 5 nitrogen and oxygen atoms in total. The van der Waals surface area contributed by atoms with E-state index in [1.165, 1.54) is 39.2 Å². The zero-order valence-electron chi connectivity index (χ0n) is 13.3. The Morgan fingerprint density at radius 3 is 2.64 bits per heavy atom. The molecule has 124 valence electrons. The highest BCUT2D eigenvalue weighted by atomic mass is 32.1. The van der Waals surface area contributed by atoms with Crippen LogP contribution in [0.25, 0.3) is 6.08 Å². The first-order chi connectivity index (χ1) is 10.6. The van der Waals surface area contributed by atoms with Crippen LogP contribution in [0.1, 0.15) is 56.7 Å². The molecule has 0 bridgehead atoms. The number of nitrogens with zero attached hydrogens (tertiary/aromatic N) is 1. The van der Waals surface area contributed by atoms with E-state index in [0.717, 1.165) is 28.7 Å². The highest BCUT2D eigenvalue weighted by Crippen LogP contribution is 2.22. The number of allylic oxidation sites excluding steroid dienone is 1. The maximum absolute atomic E-state index is 11.7. The number of rotatable bonds is 10. The molecule has 0 aliphatic rings. The summed E-state index contributed by atoms with van der Waals surface area (Å²) in [7, 11) is 1.25. The maximum atomic E-state index is 11.7. The lowest BCUT2D eigenvalue weighted by Gasteiger charge is -2.01. The van der Waals surface area contributed by atoms with E-state index >= 15 is 0 Å². The molecule has 1 rings (SSSR count). The van der Waals surface area contributed by atoms with Gasteiger partial charge in [0.05, 0.1) is 12.0 Å². The van der Waals surface area contributed by atoms with Crippen LogP contribution in [0, 0.1) is 0 Å². The van der Waals surface area contributed by atoms with Crippen LogP contribution in [-0.4, -0.2) is 22.8 Å². The van der Waals surface area contributed by atoms with Gasteiger partial charge in [-0.25, -0.2) is 0 Å². The van der Waals surface area contributed by atoms with Gasteiger partial charge in [0.25, 0.3) is 0 Å². The Morgan fingerprint density at radius 1 is 1.27 bits per heavy atom. The Balaban J connectivity index is 2.46. The molecule has 1 heterocycles. The van der Waals surface area contributed by atoms with Crippen LogP contribution in [0.4, 0.5) is 0 Å². The summed E-state index contributed by atoms with van der Waals surface area (Å²) < 4.78 is 5.53. The first kappa shape index (κ1) is 18.5. The smallest absolute Gasteiger partial charge is 0.325 e. The molecule has 22 heavy (non-hydrogen) atoms. The Bertz CT molecular complexity index is 545. The molecular formula is C16H25NO4S. The van der Waals surface area contributed by atoms with E-state index in [-0.39, 0.29) is 17.3 Å². The van der Waals surface area contributed by atoms with Gasteiger partial charge in [0, 0.05) is 0 Å². The van der Waals surface area contributed by atoms with Gasteiger partial charge in [-0.2, -0.15) is 0 Å². The third-order valence-corrected chi connectivity index (χ3v) is 4.34. The standard InChI is InChI=1S/C16H25NO4S/c1-3-4-5-6-7-8-9-10-11-13-15(19)17(16(20)22-13)12-14(18)21-2/h10-11,19H,3-9,12H2,1-2H3. The van der Waals surface area contributed by atoms with Crippen molar-refractivity contribution in [1.82, 2.24) is 4.57 Å². The number of hydrogen-bond acceptors (Lipinski definition) is 5. The lowest BCUT2D eigenvalue weighted by Crippen LogP contribution is -2.19. The quantitative estimate of drug-likeness (QED) is 0.527. The minimum Gasteiger partial charge on any atom is -0.493 e. The highest BCUT2D eigenvalue weighted by Gasteiger charge is 2.14. The molecule has 6 heteroatoms. The molecule has 1 aromatic heterocycles. The van der Waals surface area contributed by atoms with Crippen molar-refractivity contribution in [3.63, 3.8) is 0 Å². The third-order valence-electron chi connectivity index (χ3n) is 3.40. The second kappa shape index (κ2) is 10.2. The fourth-order valence-corrected chi connectivity index (χ4v) is 2.90. The largest absolute Gasteiger partial charge is 0.493 e. The number of unbranched alkanes of at least 4 members (excludes halogenated alkanes) is 6. The van der Waals surface area contributed by atoms with Crippen LogP contribution < -0.4 is 4.87 Å². The first-order valence-electron chi connectivity index (χ1n) is 7.76. The third kappa shape index (κ3) is 6.05. The second-order valence-corrected chi connectivity index (χ2v) is 6.17. The Kier molecular flexibility index (Phi) is 8.58. The summed E-state index contributed by atoms with van der Waals surface area (Å²) in [5, 5.41) is 9.97. The highest BCUT2D eigenvalue weighted by molar-refractivity contribution is 7.10. The van der Waals surface area contributed by atoms with Crippen molar-refractivity contribution in [2.75, 3.05) is 7.11 Å². The van der Waals surface area contributed by atoms with Gasteiger partial charge in [-0.1, -0.05) is 56.4 Å². The van der Waals surface area contributed by atoms with Crippen LogP contribution in [0.15, 0.2) is 10.9 Å². The predicted molar refractivity (Wildman–Crippen MR) is 89.3 cm³/mol. The van der Waals surface area contributed by atoms with Crippen molar-refractivity contribution < 1.29 is 14.6 Å². The van der Waals surface area contributed by atoms with Crippen LogP contribution in [0.3, 0.4) is 0 Å². The molecule has 1 N–H and O–H groups in total. The lowest BCUT2D eigenvalue weighted by molar-refractivity contribution is -0.141. The van der Waals surface area contributed by atoms with Gasteiger partial charge in [-0.15, -0.1) is 0 Å². The number of thiazole rings is 1. The molecule has 0 aliphatic carbocycles. The van der Waals surface area contributed by atoms with Crippen molar-refractivity contribution in [2.24, 2.45) is 0 Å². The molecule has 0 atom stereocenters. The number of methoxy groups -OCH3 is 1. The van der Waals surface area contributed by atoms with Gasteiger partial charge >= 0.3 is 10.8 Å². The number of ether oxygens (including phenoxy) is 1. The molecule has 0 fully saturated rings. The molecule has 1 aromatic rings. The Hall–Kier alpha value is -1.56. The second-order valence-electron chi connectivity index (χ2n) is 5.18. The molecular weight excluding hydrogens is 302 g/mol. The average molecular weight is 327 g/mol.